The molecule has 18 heavy (non-hydrogen) atoms. The number of hydrogen-bond acceptors (Lipinski definition) is 2. The Balaban J connectivity index is 1.92. The highest BCUT2D eigenvalue weighted by Crippen LogP contribution is 2.25. The molecule has 0 aliphatic carbocycles. The minimum Gasteiger partial charge on any atom is -0.373 e. The summed E-state index contributed by atoms with van der Waals surface area (Å²) < 4.78 is 0. The van der Waals surface area contributed by atoms with Crippen molar-refractivity contribution < 1.29 is 4.79 Å². The van der Waals surface area contributed by atoms with Gasteiger partial charge in [0, 0.05) is 25.7 Å². The molecule has 3 heteroatoms. The number of amides is 1. The number of likely N-dealkylation sites (N-methyl/N-ethyl adjacent to an activating group) is 1. The van der Waals surface area contributed by atoms with Crippen molar-refractivity contribution in [1.29, 1.82) is 0 Å². The minimum atomic E-state index is -0.0837. The average molecular weight is 246 g/mol. The molecule has 1 aliphatic heterocycles. The summed E-state index contributed by atoms with van der Waals surface area (Å²) in [6.07, 6.45) is 1.86. The number of benzene rings is 1. The van der Waals surface area contributed by atoms with Crippen LogP contribution in [0.5, 0.6) is 0 Å². The van der Waals surface area contributed by atoms with E-state index in [0.717, 1.165) is 25.1 Å². The Bertz CT molecular complexity index is 403. The molecule has 1 unspecified atom stereocenters. The van der Waals surface area contributed by atoms with Gasteiger partial charge in [0.25, 0.3) is 0 Å². The number of carbonyl (C=O) groups is 1. The number of rotatable bonds is 4. The van der Waals surface area contributed by atoms with E-state index in [1.165, 1.54) is 5.56 Å². The highest BCUT2D eigenvalue weighted by molar-refractivity contribution is 5.87. The Labute approximate surface area is 109 Å². The summed E-state index contributed by atoms with van der Waals surface area (Å²) in [4.78, 5) is 14.1. The van der Waals surface area contributed by atoms with Gasteiger partial charge >= 0.3 is 0 Å². The van der Waals surface area contributed by atoms with Gasteiger partial charge < -0.3 is 10.2 Å². The number of para-hydroxylation sites is 1. The van der Waals surface area contributed by atoms with Crippen LogP contribution in [0, 0.1) is 5.92 Å². The first-order chi connectivity index (χ1) is 8.58. The molecular weight excluding hydrogens is 224 g/mol. The zero-order chi connectivity index (χ0) is 13.1. The highest BCUT2D eigenvalue weighted by atomic mass is 16.2. The van der Waals surface area contributed by atoms with Crippen LogP contribution in [0.2, 0.25) is 0 Å². The Morgan fingerprint density at radius 1 is 1.44 bits per heavy atom. The number of carbonyl (C=O) groups excluding carboxylic acids is 1. The van der Waals surface area contributed by atoms with Crippen molar-refractivity contribution in [3.05, 3.63) is 29.8 Å². The van der Waals surface area contributed by atoms with Crippen LogP contribution in [-0.4, -0.2) is 30.4 Å². The van der Waals surface area contributed by atoms with Crippen molar-refractivity contribution in [3.8, 4) is 0 Å². The molecule has 1 atom stereocenters. The van der Waals surface area contributed by atoms with E-state index in [0.29, 0.717) is 5.92 Å². The maximum atomic E-state index is 12.3. The van der Waals surface area contributed by atoms with Gasteiger partial charge in [0.1, 0.15) is 6.04 Å². The average Bonchev–Trinajstić information content (AvgIpc) is 2.78. The normalized spacial score (nSPS) is 17.4. The lowest BCUT2D eigenvalue weighted by molar-refractivity contribution is -0.130. The van der Waals surface area contributed by atoms with Crippen LogP contribution in [0.1, 0.15) is 25.8 Å². The lowest BCUT2D eigenvalue weighted by atomic mass is 10.1. The van der Waals surface area contributed by atoms with Crippen LogP contribution in [-0.2, 0) is 11.2 Å². The van der Waals surface area contributed by atoms with Crippen LogP contribution in [0.15, 0.2) is 24.3 Å². The molecule has 0 aromatic heterocycles. The molecule has 0 spiro atoms. The molecule has 1 aromatic rings. The molecule has 2 rings (SSSR count). The fourth-order valence-corrected chi connectivity index (χ4v) is 2.27. The summed E-state index contributed by atoms with van der Waals surface area (Å²) in [7, 11) is 1.90. The van der Waals surface area contributed by atoms with Crippen molar-refractivity contribution in [2.45, 2.75) is 32.7 Å². The molecule has 0 saturated carbocycles. The van der Waals surface area contributed by atoms with Gasteiger partial charge in [0.05, 0.1) is 0 Å². The lowest BCUT2D eigenvalue weighted by Crippen LogP contribution is -2.40. The van der Waals surface area contributed by atoms with Crippen LogP contribution in [0.3, 0.4) is 0 Å². The highest BCUT2D eigenvalue weighted by Gasteiger charge is 2.28. The summed E-state index contributed by atoms with van der Waals surface area (Å²) in [6.45, 7) is 5.20. The molecule has 1 heterocycles. The number of nitrogens with zero attached hydrogens (tertiary/aromatic N) is 1. The maximum Gasteiger partial charge on any atom is 0.245 e. The zero-order valence-corrected chi connectivity index (χ0v) is 11.4. The van der Waals surface area contributed by atoms with Gasteiger partial charge in [-0.05, 0) is 24.0 Å². The molecule has 1 aromatic carbocycles. The van der Waals surface area contributed by atoms with Crippen LogP contribution < -0.4 is 5.32 Å². The lowest BCUT2D eigenvalue weighted by Gasteiger charge is -2.22. The quantitative estimate of drug-likeness (QED) is 0.885. The summed E-state index contributed by atoms with van der Waals surface area (Å²) >= 11 is 0. The molecular formula is C15H22N2O. The van der Waals surface area contributed by atoms with Gasteiger partial charge in [-0.25, -0.2) is 0 Å². The zero-order valence-electron chi connectivity index (χ0n) is 11.4. The van der Waals surface area contributed by atoms with Gasteiger partial charge in [-0.15, -0.1) is 0 Å². The second kappa shape index (κ2) is 5.42. The fraction of sp³-hybridized carbons (Fsp3) is 0.533. The standard InChI is InChI=1S/C15H22N2O/c1-11(2)8-9-17(3)15(18)14-10-12-6-4-5-7-13(12)16-14/h4-7,11,14,16H,8-10H2,1-3H3. The van der Waals surface area contributed by atoms with Crippen LogP contribution in [0.4, 0.5) is 5.69 Å². The van der Waals surface area contributed by atoms with Gasteiger partial charge in [-0.2, -0.15) is 0 Å². The monoisotopic (exact) mass is 246 g/mol. The van der Waals surface area contributed by atoms with E-state index in [2.05, 4.69) is 25.2 Å². The van der Waals surface area contributed by atoms with Crippen LogP contribution >= 0.6 is 0 Å². The van der Waals surface area contributed by atoms with E-state index in [1.54, 1.807) is 0 Å². The third-order valence-electron chi connectivity index (χ3n) is 3.49. The first kappa shape index (κ1) is 12.9. The van der Waals surface area contributed by atoms with Crippen molar-refractivity contribution in [3.63, 3.8) is 0 Å². The number of fused-ring (bicyclic) bond motifs is 1. The molecule has 0 saturated heterocycles. The largest absolute Gasteiger partial charge is 0.373 e. The molecule has 1 N–H and O–H groups in total. The minimum absolute atomic E-state index is 0.0837. The van der Waals surface area contributed by atoms with Gasteiger partial charge in [-0.3, -0.25) is 4.79 Å². The van der Waals surface area contributed by atoms with E-state index >= 15 is 0 Å². The van der Waals surface area contributed by atoms with E-state index in [1.807, 2.05) is 30.1 Å². The summed E-state index contributed by atoms with van der Waals surface area (Å²) in [5.74, 6) is 0.834. The Morgan fingerprint density at radius 3 is 2.83 bits per heavy atom. The summed E-state index contributed by atoms with van der Waals surface area (Å²) in [5.41, 5.74) is 2.35. The fourth-order valence-electron chi connectivity index (χ4n) is 2.27. The molecule has 1 amide bonds. The van der Waals surface area contributed by atoms with E-state index in [9.17, 15) is 4.79 Å². The van der Waals surface area contributed by atoms with Crippen molar-refractivity contribution in [2.75, 3.05) is 18.9 Å². The van der Waals surface area contributed by atoms with Gasteiger partial charge in [0.2, 0.25) is 5.91 Å². The van der Waals surface area contributed by atoms with Crippen molar-refractivity contribution in [1.82, 2.24) is 4.90 Å². The molecule has 98 valence electrons. The smallest absolute Gasteiger partial charge is 0.245 e. The topological polar surface area (TPSA) is 32.3 Å². The van der Waals surface area contributed by atoms with E-state index in [4.69, 9.17) is 0 Å². The Hall–Kier alpha value is -1.51. The SMILES string of the molecule is CC(C)CCN(C)C(=O)C1Cc2ccccc2N1. The predicted octanol–water partition coefficient (Wildman–Crippen LogP) is 2.53. The second-order valence-electron chi connectivity index (χ2n) is 5.50. The maximum absolute atomic E-state index is 12.3. The summed E-state index contributed by atoms with van der Waals surface area (Å²) in [6, 6.07) is 8.07. The molecule has 0 radical (unpaired) electrons. The molecule has 1 aliphatic rings. The summed E-state index contributed by atoms with van der Waals surface area (Å²) in [5, 5.41) is 3.31. The molecule has 3 nitrogen and oxygen atoms in total. The van der Waals surface area contributed by atoms with E-state index < -0.39 is 0 Å². The van der Waals surface area contributed by atoms with Gasteiger partial charge in [0.15, 0.2) is 0 Å². The van der Waals surface area contributed by atoms with Gasteiger partial charge in [-0.1, -0.05) is 32.0 Å². The molecule has 0 bridgehead atoms. The van der Waals surface area contributed by atoms with E-state index in [-0.39, 0.29) is 11.9 Å². The third-order valence-corrected chi connectivity index (χ3v) is 3.49. The number of nitrogens with one attached hydrogen (secondary N) is 1. The van der Waals surface area contributed by atoms with Crippen molar-refractivity contribution in [2.24, 2.45) is 5.92 Å². The number of hydrogen-bond donors (Lipinski definition) is 1. The first-order valence-corrected chi connectivity index (χ1v) is 6.67. The van der Waals surface area contributed by atoms with Crippen molar-refractivity contribution >= 4 is 11.6 Å². The first-order valence-electron chi connectivity index (χ1n) is 6.67. The Morgan fingerprint density at radius 2 is 2.17 bits per heavy atom. The number of anilines is 1. The third kappa shape index (κ3) is 2.84. The Kier molecular flexibility index (Phi) is 3.90. The second-order valence-corrected chi connectivity index (χ2v) is 5.50. The molecule has 0 fully saturated rings. The van der Waals surface area contributed by atoms with Crippen LogP contribution in [0.25, 0.3) is 0 Å². The predicted molar refractivity (Wildman–Crippen MR) is 74.6 cm³/mol.